The van der Waals surface area contributed by atoms with E-state index in [1.165, 1.54) is 11.1 Å². The lowest BCUT2D eigenvalue weighted by atomic mass is 10.00. The summed E-state index contributed by atoms with van der Waals surface area (Å²) in [6.45, 7) is 6.88. The zero-order valence-electron chi connectivity index (χ0n) is 15.2. The molecule has 0 bridgehead atoms. The first kappa shape index (κ1) is 19.0. The maximum atomic E-state index is 11.6. The van der Waals surface area contributed by atoms with Gasteiger partial charge < -0.3 is 15.7 Å². The van der Waals surface area contributed by atoms with Crippen LogP contribution in [0.3, 0.4) is 0 Å². The van der Waals surface area contributed by atoms with Crippen molar-refractivity contribution in [3.05, 3.63) is 47.8 Å². The molecule has 1 amide bonds. The van der Waals surface area contributed by atoms with E-state index in [9.17, 15) is 4.79 Å². The van der Waals surface area contributed by atoms with Gasteiger partial charge in [0.25, 0.3) is 0 Å². The molecule has 6 nitrogen and oxygen atoms in total. The number of amides is 1. The first-order chi connectivity index (χ1) is 12.0. The van der Waals surface area contributed by atoms with Gasteiger partial charge in [-0.2, -0.15) is 5.10 Å². The number of hydrogen-bond donors (Lipinski definition) is 3. The molecule has 0 saturated heterocycles. The molecule has 0 aliphatic rings. The fourth-order valence-electron chi connectivity index (χ4n) is 2.67. The Balaban J connectivity index is 1.90. The van der Waals surface area contributed by atoms with Gasteiger partial charge in [0.1, 0.15) is 6.54 Å². The summed E-state index contributed by atoms with van der Waals surface area (Å²) in [6, 6.07) is 8.82. The van der Waals surface area contributed by atoms with Crippen LogP contribution in [-0.4, -0.2) is 33.9 Å². The van der Waals surface area contributed by atoms with Crippen LogP contribution in [0.15, 0.2) is 36.7 Å². The maximum Gasteiger partial charge on any atom is 0.241 e. The average molecular weight is 344 g/mol. The Hall–Kier alpha value is -2.34. The summed E-state index contributed by atoms with van der Waals surface area (Å²) in [5, 5.41) is 18.9. The van der Waals surface area contributed by atoms with Gasteiger partial charge in [-0.05, 0) is 30.4 Å². The number of carbonyl (C=O) groups excluding carboxylic acids is 1. The zero-order chi connectivity index (χ0) is 18.2. The van der Waals surface area contributed by atoms with E-state index in [1.54, 1.807) is 10.9 Å². The topological polar surface area (TPSA) is 79.2 Å². The van der Waals surface area contributed by atoms with Crippen LogP contribution in [0, 0.1) is 5.92 Å². The van der Waals surface area contributed by atoms with Crippen molar-refractivity contribution in [2.45, 2.75) is 39.8 Å². The molecule has 0 aliphatic carbocycles. The van der Waals surface area contributed by atoms with E-state index in [0.717, 1.165) is 12.1 Å². The molecule has 3 N–H and O–H groups in total. The number of aliphatic hydroxyl groups is 1. The van der Waals surface area contributed by atoms with Gasteiger partial charge in [-0.1, -0.05) is 38.1 Å². The van der Waals surface area contributed by atoms with Gasteiger partial charge in [0.05, 0.1) is 18.5 Å². The van der Waals surface area contributed by atoms with E-state index in [-0.39, 0.29) is 31.6 Å². The minimum absolute atomic E-state index is 0.0644. The third-order valence-electron chi connectivity index (χ3n) is 3.88. The summed E-state index contributed by atoms with van der Waals surface area (Å²) in [5.74, 6) is 0.485. The van der Waals surface area contributed by atoms with Gasteiger partial charge in [0, 0.05) is 18.8 Å². The molecule has 0 radical (unpaired) electrons. The van der Waals surface area contributed by atoms with Crippen LogP contribution >= 0.6 is 0 Å². The highest BCUT2D eigenvalue weighted by molar-refractivity contribution is 5.75. The van der Waals surface area contributed by atoms with Gasteiger partial charge in [0.2, 0.25) is 5.91 Å². The summed E-state index contributed by atoms with van der Waals surface area (Å²) in [4.78, 5) is 11.6. The van der Waals surface area contributed by atoms with E-state index in [2.05, 4.69) is 60.8 Å². The lowest BCUT2D eigenvalue weighted by Crippen LogP contribution is -2.30. The van der Waals surface area contributed by atoms with E-state index in [0.29, 0.717) is 5.92 Å². The molecule has 0 saturated carbocycles. The highest BCUT2D eigenvalue weighted by Gasteiger charge is 2.09. The quantitative estimate of drug-likeness (QED) is 0.652. The maximum absolute atomic E-state index is 11.6. The van der Waals surface area contributed by atoms with E-state index < -0.39 is 0 Å². The van der Waals surface area contributed by atoms with Gasteiger partial charge in [-0.25, -0.2) is 0 Å². The molecule has 6 heteroatoms. The van der Waals surface area contributed by atoms with E-state index >= 15 is 0 Å². The number of anilines is 1. The number of aromatic nitrogens is 2. The van der Waals surface area contributed by atoms with Gasteiger partial charge in [-0.3, -0.25) is 9.48 Å². The highest BCUT2D eigenvalue weighted by atomic mass is 16.3. The smallest absolute Gasteiger partial charge is 0.241 e. The number of carbonyl (C=O) groups is 1. The van der Waals surface area contributed by atoms with Crippen LogP contribution < -0.4 is 10.6 Å². The standard InChI is InChI=1S/C19H28N4O2/c1-14(2)10-16-4-6-17(7-5-16)15(3)22-18-11-21-23(12-18)13-19(25)20-8-9-24/h4-7,11-12,14-15,22,24H,8-10,13H2,1-3H3,(H,20,25). The van der Waals surface area contributed by atoms with Crippen molar-refractivity contribution >= 4 is 11.6 Å². The summed E-state index contributed by atoms with van der Waals surface area (Å²) >= 11 is 0. The lowest BCUT2D eigenvalue weighted by Gasteiger charge is -2.15. The monoisotopic (exact) mass is 344 g/mol. The van der Waals surface area contributed by atoms with Crippen molar-refractivity contribution in [3.63, 3.8) is 0 Å². The van der Waals surface area contributed by atoms with Crippen molar-refractivity contribution in [3.8, 4) is 0 Å². The minimum Gasteiger partial charge on any atom is -0.395 e. The van der Waals surface area contributed by atoms with Crippen molar-refractivity contribution in [1.29, 1.82) is 0 Å². The van der Waals surface area contributed by atoms with E-state index in [1.807, 2.05) is 6.20 Å². The second-order valence-electron chi connectivity index (χ2n) is 6.71. The lowest BCUT2D eigenvalue weighted by molar-refractivity contribution is -0.122. The molecular formula is C19H28N4O2. The minimum atomic E-state index is -0.169. The van der Waals surface area contributed by atoms with Crippen molar-refractivity contribution in [2.75, 3.05) is 18.5 Å². The van der Waals surface area contributed by atoms with Crippen molar-refractivity contribution < 1.29 is 9.90 Å². The van der Waals surface area contributed by atoms with Crippen molar-refractivity contribution in [1.82, 2.24) is 15.1 Å². The molecule has 0 fully saturated rings. The third-order valence-corrected chi connectivity index (χ3v) is 3.88. The second-order valence-corrected chi connectivity index (χ2v) is 6.71. The molecule has 2 rings (SSSR count). The first-order valence-corrected chi connectivity index (χ1v) is 8.73. The summed E-state index contributed by atoms with van der Waals surface area (Å²) < 4.78 is 1.58. The first-order valence-electron chi connectivity index (χ1n) is 8.73. The van der Waals surface area contributed by atoms with Gasteiger partial charge in [0.15, 0.2) is 0 Å². The average Bonchev–Trinajstić information content (AvgIpc) is 2.99. The molecule has 1 atom stereocenters. The second kappa shape index (κ2) is 9.22. The number of benzene rings is 1. The molecule has 1 aromatic heterocycles. The van der Waals surface area contributed by atoms with Crippen LogP contribution in [0.25, 0.3) is 0 Å². The molecule has 0 aliphatic heterocycles. The summed E-state index contributed by atoms with van der Waals surface area (Å²) in [7, 11) is 0. The predicted molar refractivity (Wildman–Crippen MR) is 99.3 cm³/mol. The molecule has 1 unspecified atom stereocenters. The zero-order valence-corrected chi connectivity index (χ0v) is 15.2. The number of nitrogens with one attached hydrogen (secondary N) is 2. The SMILES string of the molecule is CC(C)Cc1ccc(C(C)Nc2cnn(CC(=O)NCCO)c2)cc1. The Morgan fingerprint density at radius 3 is 2.60 bits per heavy atom. The Labute approximate surface area is 149 Å². The van der Waals surface area contributed by atoms with Crippen LogP contribution in [0.1, 0.15) is 37.9 Å². The number of rotatable bonds is 9. The molecule has 25 heavy (non-hydrogen) atoms. The Kier molecular flexibility index (Phi) is 7.01. The van der Waals surface area contributed by atoms with Crippen LogP contribution in [0.2, 0.25) is 0 Å². The Morgan fingerprint density at radius 2 is 1.96 bits per heavy atom. The molecule has 2 aromatic rings. The summed E-state index contributed by atoms with van der Waals surface area (Å²) in [6.07, 6.45) is 4.61. The predicted octanol–water partition coefficient (Wildman–Crippen LogP) is 2.36. The van der Waals surface area contributed by atoms with Crippen LogP contribution in [0.5, 0.6) is 0 Å². The van der Waals surface area contributed by atoms with Crippen LogP contribution in [-0.2, 0) is 17.8 Å². The van der Waals surface area contributed by atoms with Gasteiger partial charge in [-0.15, -0.1) is 0 Å². The fraction of sp³-hybridized carbons (Fsp3) is 0.474. The molecule has 0 spiro atoms. The highest BCUT2D eigenvalue weighted by Crippen LogP contribution is 2.20. The molecule has 1 heterocycles. The van der Waals surface area contributed by atoms with Crippen molar-refractivity contribution in [2.24, 2.45) is 5.92 Å². The third kappa shape index (κ3) is 6.23. The van der Waals surface area contributed by atoms with E-state index in [4.69, 9.17) is 5.11 Å². The Morgan fingerprint density at radius 1 is 1.24 bits per heavy atom. The normalized spacial score (nSPS) is 12.2. The molecule has 136 valence electrons. The Bertz CT molecular complexity index is 664. The molecular weight excluding hydrogens is 316 g/mol. The number of aliphatic hydroxyl groups excluding tert-OH is 1. The fourth-order valence-corrected chi connectivity index (χ4v) is 2.67. The summed E-state index contributed by atoms with van der Waals surface area (Å²) in [5.41, 5.74) is 3.43. The van der Waals surface area contributed by atoms with Gasteiger partial charge >= 0.3 is 0 Å². The largest absolute Gasteiger partial charge is 0.395 e. The van der Waals surface area contributed by atoms with Crippen LogP contribution in [0.4, 0.5) is 5.69 Å². The molecule has 1 aromatic carbocycles. The number of nitrogens with zero attached hydrogens (tertiary/aromatic N) is 2. The number of hydrogen-bond acceptors (Lipinski definition) is 4.